The minimum absolute atomic E-state index is 0.180. The van der Waals surface area contributed by atoms with Crippen molar-refractivity contribution < 1.29 is 34.8 Å². The van der Waals surface area contributed by atoms with E-state index in [4.69, 9.17) is 26.2 Å². The number of hydrogen-bond donors (Lipinski definition) is 6. The lowest BCUT2D eigenvalue weighted by molar-refractivity contribution is -0.165. The van der Waals surface area contributed by atoms with Gasteiger partial charge < -0.3 is 31.5 Å². The number of amides is 1. The number of aliphatic hydroxyl groups is 2. The molecule has 166 valence electrons. The summed E-state index contributed by atoms with van der Waals surface area (Å²) in [6, 6.07) is 19.9. The number of benzene rings is 2. The van der Waals surface area contributed by atoms with Crippen LogP contribution in [0.2, 0.25) is 0 Å². The van der Waals surface area contributed by atoms with Gasteiger partial charge in [0.1, 0.15) is 5.41 Å². The number of nitrogens with one attached hydrogen (secondary N) is 1. The van der Waals surface area contributed by atoms with Crippen molar-refractivity contribution >= 4 is 17.8 Å². The van der Waals surface area contributed by atoms with Gasteiger partial charge in [-0.05, 0) is 36.6 Å². The Bertz CT molecular complexity index is 826. The third-order valence-corrected chi connectivity index (χ3v) is 5.32. The highest BCUT2D eigenvalue weighted by Crippen LogP contribution is 2.41. The standard InChI is InChI=1S/C18H20N2O.C4H6O6/c19-17(21)18(16-11-12-20-13-16,14-7-3-1-4-8-14)15-9-5-2-6-10-15;5-1(3(7)8)2(6)4(9)10/h1-10,16,20H,11-13H2,(H2,19,21);1-2,5-6H,(H,7,8)(H,9,10)/t16-;1-,2-/m01/s1. The Hall–Kier alpha value is -3.27. The summed E-state index contributed by atoms with van der Waals surface area (Å²) in [6.07, 6.45) is -3.58. The Kier molecular flexibility index (Phi) is 8.26. The zero-order valence-electron chi connectivity index (χ0n) is 16.7. The molecule has 0 saturated carbocycles. The van der Waals surface area contributed by atoms with Gasteiger partial charge in [-0.2, -0.15) is 0 Å². The van der Waals surface area contributed by atoms with Gasteiger partial charge in [-0.15, -0.1) is 0 Å². The number of primary amides is 1. The van der Waals surface area contributed by atoms with Gasteiger partial charge in [-0.3, -0.25) is 4.79 Å². The summed E-state index contributed by atoms with van der Waals surface area (Å²) in [7, 11) is 0. The fraction of sp³-hybridized carbons (Fsp3) is 0.318. The van der Waals surface area contributed by atoms with E-state index in [1.165, 1.54) is 0 Å². The molecule has 9 nitrogen and oxygen atoms in total. The normalized spacial score (nSPS) is 17.7. The number of aliphatic hydroxyl groups excluding tert-OH is 2. The maximum atomic E-state index is 12.6. The highest BCUT2D eigenvalue weighted by Gasteiger charge is 2.48. The number of carbonyl (C=O) groups is 3. The molecule has 0 bridgehead atoms. The van der Waals surface area contributed by atoms with Crippen LogP contribution in [0.3, 0.4) is 0 Å². The average Bonchev–Trinajstić information content (AvgIpc) is 3.30. The molecule has 0 aromatic heterocycles. The molecule has 0 unspecified atom stereocenters. The van der Waals surface area contributed by atoms with Crippen molar-refractivity contribution in [2.75, 3.05) is 13.1 Å². The molecule has 0 radical (unpaired) electrons. The van der Waals surface area contributed by atoms with Crippen molar-refractivity contribution in [2.45, 2.75) is 24.0 Å². The zero-order chi connectivity index (χ0) is 23.0. The molecular formula is C22H26N2O7. The quantitative estimate of drug-likeness (QED) is 0.355. The molecule has 1 fully saturated rings. The van der Waals surface area contributed by atoms with Crippen molar-refractivity contribution in [3.63, 3.8) is 0 Å². The third-order valence-electron chi connectivity index (χ3n) is 5.32. The van der Waals surface area contributed by atoms with Crippen LogP contribution in [0.4, 0.5) is 0 Å². The maximum absolute atomic E-state index is 12.6. The minimum Gasteiger partial charge on any atom is -0.479 e. The third kappa shape index (κ3) is 5.26. The monoisotopic (exact) mass is 430 g/mol. The van der Waals surface area contributed by atoms with E-state index in [0.29, 0.717) is 0 Å². The molecule has 1 heterocycles. The number of aliphatic carboxylic acids is 2. The maximum Gasteiger partial charge on any atom is 0.335 e. The van der Waals surface area contributed by atoms with Crippen LogP contribution in [0.25, 0.3) is 0 Å². The molecule has 1 saturated heterocycles. The first-order valence-electron chi connectivity index (χ1n) is 9.66. The first-order valence-corrected chi connectivity index (χ1v) is 9.66. The van der Waals surface area contributed by atoms with Crippen LogP contribution in [0, 0.1) is 5.92 Å². The topological polar surface area (TPSA) is 170 Å². The molecule has 31 heavy (non-hydrogen) atoms. The Labute approximate surface area is 179 Å². The van der Waals surface area contributed by atoms with Crippen molar-refractivity contribution in [3.8, 4) is 0 Å². The van der Waals surface area contributed by atoms with E-state index in [0.717, 1.165) is 30.6 Å². The second-order valence-corrected chi connectivity index (χ2v) is 7.16. The van der Waals surface area contributed by atoms with E-state index in [9.17, 15) is 14.4 Å². The molecule has 1 amide bonds. The summed E-state index contributed by atoms with van der Waals surface area (Å²) in [5.74, 6) is -3.63. The lowest BCUT2D eigenvalue weighted by Gasteiger charge is -2.37. The first kappa shape index (κ1) is 24.0. The van der Waals surface area contributed by atoms with Crippen LogP contribution in [-0.2, 0) is 19.8 Å². The van der Waals surface area contributed by atoms with Gasteiger partial charge in [0, 0.05) is 0 Å². The Morgan fingerprint density at radius 2 is 1.29 bits per heavy atom. The van der Waals surface area contributed by atoms with Crippen LogP contribution < -0.4 is 11.1 Å². The Morgan fingerprint density at radius 1 is 0.871 bits per heavy atom. The van der Waals surface area contributed by atoms with Crippen LogP contribution in [0.5, 0.6) is 0 Å². The lowest BCUT2D eigenvalue weighted by Crippen LogP contribution is -2.49. The Balaban J connectivity index is 0.000000291. The van der Waals surface area contributed by atoms with Gasteiger partial charge in [-0.25, -0.2) is 9.59 Å². The summed E-state index contributed by atoms with van der Waals surface area (Å²) >= 11 is 0. The van der Waals surface area contributed by atoms with Gasteiger partial charge >= 0.3 is 11.9 Å². The molecule has 1 aliphatic heterocycles. The molecule has 2 aromatic rings. The van der Waals surface area contributed by atoms with E-state index in [1.807, 2.05) is 60.7 Å². The average molecular weight is 430 g/mol. The van der Waals surface area contributed by atoms with E-state index < -0.39 is 29.6 Å². The molecule has 0 aliphatic carbocycles. The first-order chi connectivity index (χ1) is 14.7. The molecule has 0 spiro atoms. The highest BCUT2D eigenvalue weighted by molar-refractivity contribution is 5.91. The summed E-state index contributed by atoms with van der Waals surface area (Å²) in [5, 5.41) is 35.9. The fourth-order valence-electron chi connectivity index (χ4n) is 3.82. The molecule has 3 rings (SSSR count). The summed E-state index contributed by atoms with van der Waals surface area (Å²) in [5.41, 5.74) is 7.16. The number of carboxylic acids is 2. The summed E-state index contributed by atoms with van der Waals surface area (Å²) < 4.78 is 0. The summed E-state index contributed by atoms with van der Waals surface area (Å²) in [6.45, 7) is 1.74. The van der Waals surface area contributed by atoms with Crippen LogP contribution in [-0.4, -0.2) is 63.6 Å². The number of carbonyl (C=O) groups excluding carboxylic acids is 1. The van der Waals surface area contributed by atoms with Gasteiger partial charge in [0.25, 0.3) is 0 Å². The highest BCUT2D eigenvalue weighted by atomic mass is 16.4. The van der Waals surface area contributed by atoms with Crippen molar-refractivity contribution in [3.05, 3.63) is 71.8 Å². The smallest absolute Gasteiger partial charge is 0.335 e. The SMILES string of the molecule is NC(=O)C(c1ccccc1)(c1ccccc1)[C@H]1CCNC1.O=C(O)[C@H](O)[C@@H](O)C(=O)O. The number of rotatable bonds is 7. The predicted octanol–water partition coefficient (Wildman–Crippen LogP) is -0.0551. The molecule has 9 heteroatoms. The van der Waals surface area contributed by atoms with Gasteiger partial charge in [0.05, 0.1) is 0 Å². The van der Waals surface area contributed by atoms with E-state index >= 15 is 0 Å². The van der Waals surface area contributed by atoms with E-state index in [-0.39, 0.29) is 11.8 Å². The number of hydrogen-bond acceptors (Lipinski definition) is 6. The fourth-order valence-corrected chi connectivity index (χ4v) is 3.82. The van der Waals surface area contributed by atoms with E-state index in [2.05, 4.69) is 5.32 Å². The van der Waals surface area contributed by atoms with Gasteiger partial charge in [-0.1, -0.05) is 60.7 Å². The number of nitrogens with two attached hydrogens (primary N) is 1. The zero-order valence-corrected chi connectivity index (χ0v) is 16.7. The van der Waals surface area contributed by atoms with Gasteiger partial charge in [0.2, 0.25) is 5.91 Å². The second-order valence-electron chi connectivity index (χ2n) is 7.16. The van der Waals surface area contributed by atoms with Crippen LogP contribution in [0.1, 0.15) is 17.5 Å². The summed E-state index contributed by atoms with van der Waals surface area (Å²) in [4.78, 5) is 32.1. The van der Waals surface area contributed by atoms with Crippen LogP contribution >= 0.6 is 0 Å². The van der Waals surface area contributed by atoms with Crippen molar-refractivity contribution in [1.29, 1.82) is 0 Å². The van der Waals surface area contributed by atoms with Crippen LogP contribution in [0.15, 0.2) is 60.7 Å². The molecule has 1 aliphatic rings. The van der Waals surface area contributed by atoms with E-state index in [1.54, 1.807) is 0 Å². The number of carboxylic acid groups (broad SMARTS) is 2. The molecule has 2 aromatic carbocycles. The second kappa shape index (κ2) is 10.7. The predicted molar refractivity (Wildman–Crippen MR) is 111 cm³/mol. The van der Waals surface area contributed by atoms with Crippen molar-refractivity contribution in [2.24, 2.45) is 11.7 Å². The Morgan fingerprint density at radius 3 is 1.58 bits per heavy atom. The lowest BCUT2D eigenvalue weighted by atomic mass is 9.65. The minimum atomic E-state index is -2.27. The molecule has 3 atom stereocenters. The van der Waals surface area contributed by atoms with Gasteiger partial charge in [0.15, 0.2) is 12.2 Å². The largest absolute Gasteiger partial charge is 0.479 e. The molecular weight excluding hydrogens is 404 g/mol. The van der Waals surface area contributed by atoms with Crippen molar-refractivity contribution in [1.82, 2.24) is 5.32 Å². The molecule has 7 N–H and O–H groups in total.